The number of phenolic OH excluding ortho intramolecular Hbond substituents is 1. The first-order valence-electron chi connectivity index (χ1n) is 13.1. The molecule has 194 valence electrons. The number of phenols is 1. The Morgan fingerprint density at radius 1 is 0.886 bits per heavy atom. The fraction of sp³-hybridized carbons (Fsp3) is 0.552. The number of benzene rings is 2. The predicted molar refractivity (Wildman–Crippen MR) is 148 cm³/mol. The van der Waals surface area contributed by atoms with Crippen molar-refractivity contribution in [3.63, 3.8) is 0 Å². The van der Waals surface area contributed by atoms with Crippen molar-refractivity contribution in [2.45, 2.75) is 97.3 Å². The van der Waals surface area contributed by atoms with Gasteiger partial charge in [0.25, 0.3) is 5.91 Å². The molecule has 35 heavy (non-hydrogen) atoms. The van der Waals surface area contributed by atoms with Gasteiger partial charge in [-0.1, -0.05) is 113 Å². The highest BCUT2D eigenvalue weighted by molar-refractivity contribution is 6.37. The summed E-state index contributed by atoms with van der Waals surface area (Å²) in [5.41, 5.74) is 2.00. The number of unbranched alkanes of at least 4 members (excludes halogenated alkanes) is 11. The van der Waals surface area contributed by atoms with Crippen molar-refractivity contribution < 1.29 is 14.6 Å². The summed E-state index contributed by atoms with van der Waals surface area (Å²) in [5, 5.41) is 13.2. The molecule has 0 bridgehead atoms. The molecule has 0 fully saturated rings. The molecule has 0 saturated carbocycles. The Morgan fingerprint density at radius 2 is 1.43 bits per heavy atom. The van der Waals surface area contributed by atoms with Gasteiger partial charge in [-0.25, -0.2) is 0 Å². The largest absolute Gasteiger partial charge is 0.504 e. The van der Waals surface area contributed by atoms with Crippen LogP contribution < -0.4 is 10.1 Å². The average Bonchev–Trinajstić information content (AvgIpc) is 2.86. The number of hydrogen-bond donors (Lipinski definition) is 2. The summed E-state index contributed by atoms with van der Waals surface area (Å²) in [4.78, 5) is 12.2. The minimum atomic E-state index is -0.406. The van der Waals surface area contributed by atoms with Crippen LogP contribution >= 0.6 is 23.2 Å². The standard InChI is InChI=1S/C29H41Cl2NO3/c1-3-4-5-6-7-8-9-10-11-12-13-14-15-23-16-18-24(19-17-23)35-21-27(33)32-26-20-25(30)22(2)28(31)29(26)34/h16-20,34H,3-15,21H2,1-2H3,(H,32,33). The van der Waals surface area contributed by atoms with Crippen LogP contribution in [-0.2, 0) is 11.2 Å². The molecule has 0 unspecified atom stereocenters. The number of aryl methyl sites for hydroxylation is 1. The zero-order valence-corrected chi connectivity index (χ0v) is 22.8. The smallest absolute Gasteiger partial charge is 0.262 e. The van der Waals surface area contributed by atoms with E-state index in [1.54, 1.807) is 6.92 Å². The van der Waals surface area contributed by atoms with E-state index in [1.165, 1.54) is 88.7 Å². The van der Waals surface area contributed by atoms with Crippen molar-refractivity contribution in [1.82, 2.24) is 0 Å². The topological polar surface area (TPSA) is 58.6 Å². The fourth-order valence-corrected chi connectivity index (χ4v) is 4.51. The molecular weight excluding hydrogens is 481 g/mol. The fourth-order valence-electron chi connectivity index (χ4n) is 4.06. The van der Waals surface area contributed by atoms with Crippen LogP contribution in [0.2, 0.25) is 10.0 Å². The quantitative estimate of drug-likeness (QED) is 0.161. The molecule has 0 aliphatic carbocycles. The second-order valence-corrected chi connectivity index (χ2v) is 10.1. The molecule has 0 heterocycles. The minimum absolute atomic E-state index is 0.123. The molecule has 2 aromatic rings. The minimum Gasteiger partial charge on any atom is -0.504 e. The van der Waals surface area contributed by atoms with Crippen LogP contribution in [0.3, 0.4) is 0 Å². The molecule has 2 aromatic carbocycles. The number of rotatable bonds is 17. The normalized spacial score (nSPS) is 11.0. The predicted octanol–water partition coefficient (Wildman–Crippen LogP) is 9.27. The van der Waals surface area contributed by atoms with Crippen LogP contribution in [-0.4, -0.2) is 17.6 Å². The van der Waals surface area contributed by atoms with Gasteiger partial charge in [0.1, 0.15) is 5.75 Å². The summed E-state index contributed by atoms with van der Waals surface area (Å²) in [7, 11) is 0. The highest BCUT2D eigenvalue weighted by Crippen LogP contribution is 2.38. The lowest BCUT2D eigenvalue weighted by atomic mass is 10.0. The molecule has 1 amide bonds. The maximum atomic E-state index is 12.2. The number of anilines is 1. The molecule has 4 nitrogen and oxygen atoms in total. The molecule has 0 aliphatic rings. The number of amides is 1. The zero-order valence-electron chi connectivity index (χ0n) is 21.3. The lowest BCUT2D eigenvalue weighted by molar-refractivity contribution is -0.118. The van der Waals surface area contributed by atoms with Gasteiger partial charge in [-0.05, 0) is 49.1 Å². The molecule has 0 spiro atoms. The van der Waals surface area contributed by atoms with E-state index in [0.29, 0.717) is 16.3 Å². The number of carbonyl (C=O) groups is 1. The Kier molecular flexibility index (Phi) is 14.0. The van der Waals surface area contributed by atoms with Crippen molar-refractivity contribution in [2.24, 2.45) is 0 Å². The van der Waals surface area contributed by atoms with E-state index in [-0.39, 0.29) is 23.1 Å². The van der Waals surface area contributed by atoms with Gasteiger partial charge in [0.2, 0.25) is 0 Å². The first-order valence-corrected chi connectivity index (χ1v) is 13.9. The van der Waals surface area contributed by atoms with Crippen LogP contribution in [0.25, 0.3) is 0 Å². The van der Waals surface area contributed by atoms with E-state index in [4.69, 9.17) is 27.9 Å². The van der Waals surface area contributed by atoms with Crippen molar-refractivity contribution in [1.29, 1.82) is 0 Å². The van der Waals surface area contributed by atoms with Gasteiger partial charge in [0.05, 0.1) is 10.7 Å². The first-order chi connectivity index (χ1) is 16.9. The number of aromatic hydroxyl groups is 1. The summed E-state index contributed by atoms with van der Waals surface area (Å²) in [5.74, 6) is 0.0173. The molecule has 0 atom stereocenters. The third-order valence-corrected chi connectivity index (χ3v) is 7.16. The lowest BCUT2D eigenvalue weighted by Crippen LogP contribution is -2.20. The summed E-state index contributed by atoms with van der Waals surface area (Å²) in [6.45, 7) is 3.78. The Balaban J connectivity index is 1.58. The summed E-state index contributed by atoms with van der Waals surface area (Å²) >= 11 is 12.1. The third-order valence-electron chi connectivity index (χ3n) is 6.31. The molecule has 6 heteroatoms. The summed E-state index contributed by atoms with van der Waals surface area (Å²) in [6.07, 6.45) is 17.3. The summed E-state index contributed by atoms with van der Waals surface area (Å²) < 4.78 is 5.58. The SMILES string of the molecule is CCCCCCCCCCCCCCc1ccc(OCC(=O)Nc2cc(Cl)c(C)c(Cl)c2O)cc1. The Labute approximate surface area is 221 Å². The van der Waals surface area contributed by atoms with Crippen molar-refractivity contribution in [2.75, 3.05) is 11.9 Å². The van der Waals surface area contributed by atoms with Gasteiger partial charge in [0, 0.05) is 5.02 Å². The van der Waals surface area contributed by atoms with Crippen molar-refractivity contribution in [3.8, 4) is 11.5 Å². The maximum Gasteiger partial charge on any atom is 0.262 e. The van der Waals surface area contributed by atoms with Crippen LogP contribution in [0.1, 0.15) is 95.1 Å². The van der Waals surface area contributed by atoms with Crippen LogP contribution in [0.15, 0.2) is 30.3 Å². The number of ether oxygens (including phenoxy) is 1. The van der Waals surface area contributed by atoms with Crippen LogP contribution in [0, 0.1) is 6.92 Å². The molecular formula is C29H41Cl2NO3. The number of nitrogens with one attached hydrogen (secondary N) is 1. The number of carbonyl (C=O) groups excluding carboxylic acids is 1. The van der Waals surface area contributed by atoms with Gasteiger partial charge in [0.15, 0.2) is 12.4 Å². The molecule has 0 saturated heterocycles. The third kappa shape index (κ3) is 11.1. The Morgan fingerprint density at radius 3 is 2.00 bits per heavy atom. The van der Waals surface area contributed by atoms with E-state index < -0.39 is 5.91 Å². The monoisotopic (exact) mass is 521 g/mol. The zero-order chi connectivity index (χ0) is 25.5. The molecule has 2 rings (SSSR count). The molecule has 0 radical (unpaired) electrons. The Bertz CT molecular complexity index is 900. The van der Waals surface area contributed by atoms with E-state index in [2.05, 4.69) is 24.4 Å². The maximum absolute atomic E-state index is 12.2. The van der Waals surface area contributed by atoms with E-state index in [9.17, 15) is 9.90 Å². The van der Waals surface area contributed by atoms with E-state index >= 15 is 0 Å². The second kappa shape index (κ2) is 16.7. The van der Waals surface area contributed by atoms with E-state index in [1.807, 2.05) is 12.1 Å². The second-order valence-electron chi connectivity index (χ2n) is 9.31. The van der Waals surface area contributed by atoms with Gasteiger partial charge in [-0.2, -0.15) is 0 Å². The van der Waals surface area contributed by atoms with Crippen molar-refractivity contribution >= 4 is 34.8 Å². The lowest BCUT2D eigenvalue weighted by Gasteiger charge is -2.12. The Hall–Kier alpha value is -1.91. The highest BCUT2D eigenvalue weighted by Gasteiger charge is 2.15. The van der Waals surface area contributed by atoms with Gasteiger partial charge in [-0.3, -0.25) is 4.79 Å². The number of hydrogen-bond acceptors (Lipinski definition) is 3. The highest BCUT2D eigenvalue weighted by atomic mass is 35.5. The van der Waals surface area contributed by atoms with E-state index in [0.717, 1.165) is 6.42 Å². The molecule has 2 N–H and O–H groups in total. The molecule has 0 aliphatic heterocycles. The average molecular weight is 523 g/mol. The summed E-state index contributed by atoms with van der Waals surface area (Å²) in [6, 6.07) is 9.36. The van der Waals surface area contributed by atoms with Gasteiger partial charge < -0.3 is 15.2 Å². The van der Waals surface area contributed by atoms with Crippen LogP contribution in [0.4, 0.5) is 5.69 Å². The first kappa shape index (κ1) is 29.3. The van der Waals surface area contributed by atoms with Crippen LogP contribution in [0.5, 0.6) is 11.5 Å². The number of halogens is 2. The van der Waals surface area contributed by atoms with Gasteiger partial charge >= 0.3 is 0 Å². The molecule has 0 aromatic heterocycles. The van der Waals surface area contributed by atoms with Crippen molar-refractivity contribution in [3.05, 3.63) is 51.5 Å². The van der Waals surface area contributed by atoms with Gasteiger partial charge in [-0.15, -0.1) is 0 Å².